The van der Waals surface area contributed by atoms with Crippen molar-refractivity contribution in [3.63, 3.8) is 0 Å². The molecule has 2 aromatic heterocycles. The molecular weight excluding hydrogens is 476 g/mol. The first-order chi connectivity index (χ1) is 15.2. The van der Waals surface area contributed by atoms with E-state index in [9.17, 15) is 0 Å². The Morgan fingerprint density at radius 3 is 2.45 bits per heavy atom. The number of hydrogen-bond donors (Lipinski definition) is 3. The average Bonchev–Trinajstić information content (AvgIpc) is 2.78. The molecule has 2 aromatic carbocycles. The van der Waals surface area contributed by atoms with Gasteiger partial charge in [-0.3, -0.25) is 4.98 Å². The van der Waals surface area contributed by atoms with Crippen LogP contribution in [-0.4, -0.2) is 28.0 Å². The van der Waals surface area contributed by atoms with Crippen LogP contribution < -0.4 is 16.0 Å². The minimum Gasteiger partial charge on any atom is -0.384 e. The lowest BCUT2D eigenvalue weighted by atomic mass is 10.2. The molecule has 8 heteroatoms. The number of rotatable bonds is 9. The second-order valence-electron chi connectivity index (χ2n) is 6.98. The first kappa shape index (κ1) is 21.3. The highest BCUT2D eigenvalue weighted by molar-refractivity contribution is 9.10. The molecule has 0 atom stereocenters. The highest BCUT2D eigenvalue weighted by atomic mass is 79.9. The highest BCUT2D eigenvalue weighted by Crippen LogP contribution is 2.24. The van der Waals surface area contributed by atoms with Crippen molar-refractivity contribution in [3.8, 4) is 0 Å². The summed E-state index contributed by atoms with van der Waals surface area (Å²) in [5.41, 5.74) is 2.95. The van der Waals surface area contributed by atoms with Gasteiger partial charge in [0.2, 0.25) is 5.95 Å². The largest absolute Gasteiger partial charge is 0.384 e. The van der Waals surface area contributed by atoms with Gasteiger partial charge in [-0.15, -0.1) is 0 Å². The quantitative estimate of drug-likeness (QED) is 0.230. The fourth-order valence-electron chi connectivity index (χ4n) is 3.14. The zero-order valence-electron chi connectivity index (χ0n) is 16.8. The summed E-state index contributed by atoms with van der Waals surface area (Å²) in [5, 5.41) is 11.8. The van der Waals surface area contributed by atoms with Crippen LogP contribution in [0.2, 0.25) is 5.02 Å². The molecule has 0 spiro atoms. The Balaban J connectivity index is 1.22. The van der Waals surface area contributed by atoms with Crippen LogP contribution >= 0.6 is 27.5 Å². The maximum absolute atomic E-state index is 6.06. The van der Waals surface area contributed by atoms with Crippen molar-refractivity contribution in [2.24, 2.45) is 0 Å². The van der Waals surface area contributed by atoms with Gasteiger partial charge in [0.25, 0.3) is 0 Å². The number of benzene rings is 2. The number of anilines is 4. The van der Waals surface area contributed by atoms with Gasteiger partial charge in [0.15, 0.2) is 0 Å². The van der Waals surface area contributed by atoms with Crippen molar-refractivity contribution >= 4 is 61.6 Å². The Morgan fingerprint density at radius 2 is 1.61 bits per heavy atom. The van der Waals surface area contributed by atoms with Gasteiger partial charge < -0.3 is 16.0 Å². The zero-order valence-corrected chi connectivity index (χ0v) is 19.1. The van der Waals surface area contributed by atoms with Gasteiger partial charge in [-0.05, 0) is 67.4 Å². The number of pyridine rings is 1. The van der Waals surface area contributed by atoms with Crippen molar-refractivity contribution in [2.75, 3.05) is 29.0 Å². The van der Waals surface area contributed by atoms with E-state index < -0.39 is 0 Å². The summed E-state index contributed by atoms with van der Waals surface area (Å²) in [6, 6.07) is 17.6. The molecule has 4 rings (SSSR count). The van der Waals surface area contributed by atoms with Crippen molar-refractivity contribution in [1.29, 1.82) is 0 Å². The maximum Gasteiger partial charge on any atom is 0.224 e. The standard InChI is InChI=1S/C23H22BrClN6/c24-16-3-6-18(7-4-16)30-22-10-14-29-23(31-22)28-12-2-1-11-26-20-9-13-27-21-15-17(25)5-8-19(20)21/h3-10,13-15H,1-2,11-12H2,(H,26,27)(H2,28,29,30,31). The number of aromatic nitrogens is 3. The van der Waals surface area contributed by atoms with Crippen LogP contribution in [0.1, 0.15) is 12.8 Å². The van der Waals surface area contributed by atoms with Gasteiger partial charge in [-0.2, -0.15) is 4.98 Å². The smallest absolute Gasteiger partial charge is 0.224 e. The van der Waals surface area contributed by atoms with Gasteiger partial charge in [0, 0.05) is 51.7 Å². The van der Waals surface area contributed by atoms with Crippen molar-refractivity contribution in [1.82, 2.24) is 15.0 Å². The molecule has 6 nitrogen and oxygen atoms in total. The fraction of sp³-hybridized carbons (Fsp3) is 0.174. The van der Waals surface area contributed by atoms with E-state index in [1.165, 1.54) is 0 Å². The van der Waals surface area contributed by atoms with Crippen LogP contribution in [0.5, 0.6) is 0 Å². The van der Waals surface area contributed by atoms with Crippen molar-refractivity contribution in [3.05, 3.63) is 76.5 Å². The van der Waals surface area contributed by atoms with Gasteiger partial charge in [0.1, 0.15) is 5.82 Å². The number of nitrogens with one attached hydrogen (secondary N) is 3. The third-order valence-corrected chi connectivity index (χ3v) is 5.44. The normalized spacial score (nSPS) is 10.8. The molecule has 0 saturated carbocycles. The van der Waals surface area contributed by atoms with E-state index >= 15 is 0 Å². The monoisotopic (exact) mass is 496 g/mol. The Labute approximate surface area is 194 Å². The van der Waals surface area contributed by atoms with Crippen LogP contribution in [0.4, 0.5) is 23.1 Å². The van der Waals surface area contributed by atoms with Crippen LogP contribution in [0, 0.1) is 0 Å². The first-order valence-electron chi connectivity index (χ1n) is 10.0. The summed E-state index contributed by atoms with van der Waals surface area (Å²) >= 11 is 9.50. The summed E-state index contributed by atoms with van der Waals surface area (Å²) < 4.78 is 1.04. The molecule has 0 aliphatic carbocycles. The zero-order chi connectivity index (χ0) is 21.5. The first-order valence-corrected chi connectivity index (χ1v) is 11.2. The van der Waals surface area contributed by atoms with Gasteiger partial charge >= 0.3 is 0 Å². The van der Waals surface area contributed by atoms with Gasteiger partial charge in [-0.25, -0.2) is 4.98 Å². The SMILES string of the molecule is Clc1ccc2c(NCCCCNc3nccc(Nc4ccc(Br)cc4)n3)ccnc2c1. The van der Waals surface area contributed by atoms with E-state index in [2.05, 4.69) is 46.8 Å². The second kappa shape index (κ2) is 10.4. The molecule has 0 fully saturated rings. The second-order valence-corrected chi connectivity index (χ2v) is 8.33. The van der Waals surface area contributed by atoms with E-state index in [0.717, 1.165) is 58.5 Å². The van der Waals surface area contributed by atoms with Crippen LogP contribution in [0.25, 0.3) is 10.9 Å². The number of fused-ring (bicyclic) bond motifs is 1. The molecule has 2 heterocycles. The van der Waals surface area contributed by atoms with E-state index in [0.29, 0.717) is 11.0 Å². The molecule has 31 heavy (non-hydrogen) atoms. The van der Waals surface area contributed by atoms with Crippen molar-refractivity contribution < 1.29 is 0 Å². The third kappa shape index (κ3) is 6.06. The minimum absolute atomic E-state index is 0.618. The topological polar surface area (TPSA) is 74.8 Å². The van der Waals surface area contributed by atoms with Gasteiger partial charge in [0.05, 0.1) is 5.52 Å². The molecule has 0 unspecified atom stereocenters. The number of nitrogens with zero attached hydrogens (tertiary/aromatic N) is 3. The van der Waals surface area contributed by atoms with E-state index in [1.54, 1.807) is 12.4 Å². The molecule has 0 radical (unpaired) electrons. The Bertz CT molecular complexity index is 1150. The Kier molecular flexibility index (Phi) is 7.17. The Hall–Kier alpha value is -2.90. The average molecular weight is 498 g/mol. The lowest BCUT2D eigenvalue weighted by molar-refractivity contribution is 0.791. The van der Waals surface area contributed by atoms with Crippen LogP contribution in [0.15, 0.2) is 71.5 Å². The predicted molar refractivity (Wildman–Crippen MR) is 132 cm³/mol. The third-order valence-electron chi connectivity index (χ3n) is 4.68. The van der Waals surface area contributed by atoms with Crippen LogP contribution in [0.3, 0.4) is 0 Å². The number of halogens is 2. The molecular formula is C23H22BrClN6. The van der Waals surface area contributed by atoms with E-state index in [4.69, 9.17) is 11.6 Å². The lowest BCUT2D eigenvalue weighted by Gasteiger charge is -2.10. The molecule has 0 aliphatic rings. The number of unbranched alkanes of at least 4 members (excludes halogenated alkanes) is 1. The summed E-state index contributed by atoms with van der Waals surface area (Å²) in [5.74, 6) is 1.37. The molecule has 0 aliphatic heterocycles. The summed E-state index contributed by atoms with van der Waals surface area (Å²) in [6.07, 6.45) is 5.56. The molecule has 3 N–H and O–H groups in total. The summed E-state index contributed by atoms with van der Waals surface area (Å²) in [4.78, 5) is 13.2. The van der Waals surface area contributed by atoms with E-state index in [-0.39, 0.29) is 0 Å². The summed E-state index contributed by atoms with van der Waals surface area (Å²) in [7, 11) is 0. The molecule has 0 bridgehead atoms. The molecule has 4 aromatic rings. The predicted octanol–water partition coefficient (Wildman–Crippen LogP) is 6.49. The molecule has 158 valence electrons. The lowest BCUT2D eigenvalue weighted by Crippen LogP contribution is -2.09. The minimum atomic E-state index is 0.618. The summed E-state index contributed by atoms with van der Waals surface area (Å²) in [6.45, 7) is 1.67. The Morgan fingerprint density at radius 1 is 0.839 bits per heavy atom. The van der Waals surface area contributed by atoms with Gasteiger partial charge in [-0.1, -0.05) is 27.5 Å². The fourth-order valence-corrected chi connectivity index (χ4v) is 3.57. The maximum atomic E-state index is 6.06. The molecule has 0 saturated heterocycles. The van der Waals surface area contributed by atoms with Crippen LogP contribution in [-0.2, 0) is 0 Å². The molecule has 0 amide bonds. The van der Waals surface area contributed by atoms with E-state index in [1.807, 2.05) is 54.6 Å². The highest BCUT2D eigenvalue weighted by Gasteiger charge is 2.03. The number of hydrogen-bond acceptors (Lipinski definition) is 6. The van der Waals surface area contributed by atoms with Crippen molar-refractivity contribution in [2.45, 2.75) is 12.8 Å².